The standard InChI is InChI=1S/C20H19F3N2O2/c1-12-6-7-17(8-13(12)2)25-11-16(10-18(25)26)24-19(27)14-4-3-5-15(9-14)20(21,22)23/h3-9,16H,10-11H2,1-2H3,(H,24,27)/t16-/m1/s1. The molecule has 0 aromatic heterocycles. The number of halogens is 3. The van der Waals surface area contributed by atoms with Gasteiger partial charge in [-0.2, -0.15) is 13.2 Å². The van der Waals surface area contributed by atoms with Crippen molar-refractivity contribution in [2.24, 2.45) is 0 Å². The second-order valence-corrected chi connectivity index (χ2v) is 6.73. The van der Waals surface area contributed by atoms with E-state index in [0.29, 0.717) is 0 Å². The van der Waals surface area contributed by atoms with E-state index in [1.165, 1.54) is 12.1 Å². The third kappa shape index (κ3) is 4.13. The Balaban J connectivity index is 1.71. The van der Waals surface area contributed by atoms with Gasteiger partial charge in [-0.3, -0.25) is 9.59 Å². The second kappa shape index (κ2) is 7.06. The van der Waals surface area contributed by atoms with Crippen LogP contribution in [-0.2, 0) is 11.0 Å². The first kappa shape index (κ1) is 18.9. The highest BCUT2D eigenvalue weighted by Gasteiger charge is 2.33. The lowest BCUT2D eigenvalue weighted by Crippen LogP contribution is -2.37. The summed E-state index contributed by atoms with van der Waals surface area (Å²) < 4.78 is 38.4. The lowest BCUT2D eigenvalue weighted by atomic mass is 10.1. The number of rotatable bonds is 3. The van der Waals surface area contributed by atoms with Crippen molar-refractivity contribution in [3.8, 4) is 0 Å². The quantitative estimate of drug-likeness (QED) is 0.884. The summed E-state index contributed by atoms with van der Waals surface area (Å²) in [5.41, 5.74) is 1.95. The van der Waals surface area contributed by atoms with E-state index in [-0.39, 0.29) is 24.4 Å². The molecule has 0 aliphatic carbocycles. The minimum atomic E-state index is -4.51. The molecule has 1 aliphatic heterocycles. The molecule has 1 N–H and O–H groups in total. The maximum absolute atomic E-state index is 12.8. The maximum atomic E-state index is 12.8. The molecular formula is C20H19F3N2O2. The molecule has 2 amide bonds. The van der Waals surface area contributed by atoms with Gasteiger partial charge in [0.25, 0.3) is 5.91 Å². The van der Waals surface area contributed by atoms with Crippen molar-refractivity contribution in [2.75, 3.05) is 11.4 Å². The Morgan fingerprint density at radius 2 is 1.85 bits per heavy atom. The van der Waals surface area contributed by atoms with E-state index >= 15 is 0 Å². The number of aryl methyl sites for hydroxylation is 2. The molecule has 142 valence electrons. The van der Waals surface area contributed by atoms with Crippen molar-refractivity contribution in [2.45, 2.75) is 32.5 Å². The fourth-order valence-corrected chi connectivity index (χ4v) is 3.05. The highest BCUT2D eigenvalue weighted by molar-refractivity contribution is 5.99. The fourth-order valence-electron chi connectivity index (χ4n) is 3.05. The van der Waals surface area contributed by atoms with Crippen LogP contribution in [0.5, 0.6) is 0 Å². The molecule has 0 spiro atoms. The van der Waals surface area contributed by atoms with Crippen LogP contribution in [0.3, 0.4) is 0 Å². The molecule has 0 unspecified atom stereocenters. The SMILES string of the molecule is Cc1ccc(N2C[C@H](NC(=O)c3cccc(C(F)(F)F)c3)CC2=O)cc1C. The number of carbonyl (C=O) groups is 2. The Hall–Kier alpha value is -2.83. The van der Waals surface area contributed by atoms with Crippen molar-refractivity contribution in [1.29, 1.82) is 0 Å². The molecule has 0 bridgehead atoms. The molecule has 1 atom stereocenters. The van der Waals surface area contributed by atoms with Gasteiger partial charge in [0.15, 0.2) is 0 Å². The second-order valence-electron chi connectivity index (χ2n) is 6.73. The number of nitrogens with one attached hydrogen (secondary N) is 1. The van der Waals surface area contributed by atoms with Crippen LogP contribution in [0.2, 0.25) is 0 Å². The highest BCUT2D eigenvalue weighted by atomic mass is 19.4. The summed E-state index contributed by atoms with van der Waals surface area (Å²) in [6, 6.07) is 9.46. The van der Waals surface area contributed by atoms with Crippen LogP contribution in [0.25, 0.3) is 0 Å². The summed E-state index contributed by atoms with van der Waals surface area (Å²) in [5.74, 6) is -0.756. The summed E-state index contributed by atoms with van der Waals surface area (Å²) in [7, 11) is 0. The topological polar surface area (TPSA) is 49.4 Å². The van der Waals surface area contributed by atoms with E-state index in [2.05, 4.69) is 5.32 Å². The van der Waals surface area contributed by atoms with Crippen molar-refractivity contribution < 1.29 is 22.8 Å². The molecule has 27 heavy (non-hydrogen) atoms. The van der Waals surface area contributed by atoms with Gasteiger partial charge in [-0.1, -0.05) is 12.1 Å². The van der Waals surface area contributed by atoms with Gasteiger partial charge in [0.1, 0.15) is 0 Å². The number of hydrogen-bond acceptors (Lipinski definition) is 2. The zero-order chi connectivity index (χ0) is 19.8. The normalized spacial score (nSPS) is 17.3. The molecule has 3 rings (SSSR count). The fraction of sp³-hybridized carbons (Fsp3) is 0.300. The van der Waals surface area contributed by atoms with Crippen LogP contribution in [0.1, 0.15) is 33.5 Å². The molecule has 0 saturated carbocycles. The first-order chi connectivity index (χ1) is 12.6. The third-order valence-electron chi connectivity index (χ3n) is 4.71. The number of alkyl halides is 3. The minimum absolute atomic E-state index is 0.0816. The number of benzene rings is 2. The lowest BCUT2D eigenvalue weighted by molar-refractivity contribution is -0.137. The van der Waals surface area contributed by atoms with E-state index in [1.807, 2.05) is 32.0 Å². The summed E-state index contributed by atoms with van der Waals surface area (Å²) in [6.07, 6.45) is -4.41. The van der Waals surface area contributed by atoms with Crippen molar-refractivity contribution in [3.63, 3.8) is 0 Å². The molecule has 1 heterocycles. The Kier molecular flexibility index (Phi) is 4.95. The predicted molar refractivity (Wildman–Crippen MR) is 95.6 cm³/mol. The zero-order valence-corrected chi connectivity index (χ0v) is 14.9. The Bertz CT molecular complexity index is 893. The molecule has 7 heteroatoms. The molecule has 1 saturated heterocycles. The molecule has 2 aromatic carbocycles. The van der Waals surface area contributed by atoms with Crippen LogP contribution >= 0.6 is 0 Å². The predicted octanol–water partition coefficient (Wildman–Crippen LogP) is 3.86. The van der Waals surface area contributed by atoms with Gasteiger partial charge in [-0.15, -0.1) is 0 Å². The lowest BCUT2D eigenvalue weighted by Gasteiger charge is -2.18. The van der Waals surface area contributed by atoms with Gasteiger partial charge in [-0.05, 0) is 55.3 Å². The Morgan fingerprint density at radius 1 is 1.11 bits per heavy atom. The number of carbonyl (C=O) groups excluding carboxylic acids is 2. The molecule has 4 nitrogen and oxygen atoms in total. The molecule has 2 aromatic rings. The van der Waals surface area contributed by atoms with E-state index in [4.69, 9.17) is 0 Å². The van der Waals surface area contributed by atoms with E-state index in [0.717, 1.165) is 28.9 Å². The van der Waals surface area contributed by atoms with Gasteiger partial charge >= 0.3 is 6.18 Å². The zero-order valence-electron chi connectivity index (χ0n) is 14.9. The van der Waals surface area contributed by atoms with Crippen LogP contribution in [0, 0.1) is 13.8 Å². The number of anilines is 1. The number of hydrogen-bond donors (Lipinski definition) is 1. The largest absolute Gasteiger partial charge is 0.416 e. The molecule has 1 fully saturated rings. The van der Waals surface area contributed by atoms with Gasteiger partial charge in [0, 0.05) is 24.2 Å². The number of nitrogens with zero attached hydrogens (tertiary/aromatic N) is 1. The van der Waals surface area contributed by atoms with E-state index in [1.54, 1.807) is 4.90 Å². The summed E-state index contributed by atoms with van der Waals surface area (Å²) in [5, 5.41) is 2.66. The van der Waals surface area contributed by atoms with E-state index in [9.17, 15) is 22.8 Å². The van der Waals surface area contributed by atoms with Gasteiger partial charge in [0.05, 0.1) is 11.6 Å². The molecule has 1 aliphatic rings. The smallest absolute Gasteiger partial charge is 0.347 e. The monoisotopic (exact) mass is 376 g/mol. The number of amides is 2. The van der Waals surface area contributed by atoms with Gasteiger partial charge in [0.2, 0.25) is 5.91 Å². The van der Waals surface area contributed by atoms with Crippen LogP contribution in [-0.4, -0.2) is 24.4 Å². The summed E-state index contributed by atoms with van der Waals surface area (Å²) in [6.45, 7) is 4.21. The van der Waals surface area contributed by atoms with Crippen LogP contribution in [0.15, 0.2) is 42.5 Å². The van der Waals surface area contributed by atoms with Gasteiger partial charge < -0.3 is 10.2 Å². The Morgan fingerprint density at radius 3 is 2.52 bits per heavy atom. The first-order valence-electron chi connectivity index (χ1n) is 8.51. The van der Waals surface area contributed by atoms with E-state index < -0.39 is 23.7 Å². The maximum Gasteiger partial charge on any atom is 0.416 e. The van der Waals surface area contributed by atoms with Crippen LogP contribution < -0.4 is 10.2 Å². The minimum Gasteiger partial charge on any atom is -0.347 e. The highest BCUT2D eigenvalue weighted by Crippen LogP contribution is 2.29. The summed E-state index contributed by atoms with van der Waals surface area (Å²) in [4.78, 5) is 26.2. The van der Waals surface area contributed by atoms with Crippen LogP contribution in [0.4, 0.5) is 18.9 Å². The average Bonchev–Trinajstić information content (AvgIpc) is 2.97. The third-order valence-corrected chi connectivity index (χ3v) is 4.71. The Labute approximate surface area is 155 Å². The van der Waals surface area contributed by atoms with Crippen molar-refractivity contribution >= 4 is 17.5 Å². The first-order valence-corrected chi connectivity index (χ1v) is 8.51. The molecular weight excluding hydrogens is 357 g/mol. The van der Waals surface area contributed by atoms with Crippen molar-refractivity contribution in [3.05, 3.63) is 64.7 Å². The molecule has 0 radical (unpaired) electrons. The van der Waals surface area contributed by atoms with Gasteiger partial charge in [-0.25, -0.2) is 0 Å². The summed E-state index contributed by atoms with van der Waals surface area (Å²) >= 11 is 0. The van der Waals surface area contributed by atoms with Crippen molar-refractivity contribution in [1.82, 2.24) is 5.32 Å². The average molecular weight is 376 g/mol.